The number of nitrogens with one attached hydrogen (secondary N) is 1. The predicted octanol–water partition coefficient (Wildman–Crippen LogP) is 3.16. The first-order chi connectivity index (χ1) is 11.8. The Balaban J connectivity index is 1.63. The Morgan fingerprint density at radius 2 is 1.96 bits per heavy atom. The maximum Gasteiger partial charge on any atom is 0.411 e. The van der Waals surface area contributed by atoms with Crippen molar-refractivity contribution in [2.75, 3.05) is 32.8 Å². The summed E-state index contributed by atoms with van der Waals surface area (Å²) in [5.74, 6) is -0.0444. The predicted molar refractivity (Wildman–Crippen MR) is 89.6 cm³/mol. The molecule has 1 fully saturated rings. The van der Waals surface area contributed by atoms with E-state index < -0.39 is 12.8 Å². The lowest BCUT2D eigenvalue weighted by Gasteiger charge is -2.32. The SMILES string of the molecule is Cc1ccccc1C(=O)NC1CCN(CCCOCC(F)(F)F)CC1. The average molecular weight is 358 g/mol. The molecule has 0 saturated carbocycles. The van der Waals surface area contributed by atoms with Gasteiger partial charge in [0.25, 0.3) is 5.91 Å². The van der Waals surface area contributed by atoms with Gasteiger partial charge in [-0.05, 0) is 37.8 Å². The van der Waals surface area contributed by atoms with Gasteiger partial charge in [-0.3, -0.25) is 4.79 Å². The Morgan fingerprint density at radius 1 is 1.28 bits per heavy atom. The minimum atomic E-state index is -4.26. The molecule has 2 rings (SSSR count). The molecule has 0 radical (unpaired) electrons. The highest BCUT2D eigenvalue weighted by atomic mass is 19.4. The summed E-state index contributed by atoms with van der Waals surface area (Å²) in [5, 5.41) is 3.07. The quantitative estimate of drug-likeness (QED) is 0.762. The Morgan fingerprint density at radius 3 is 2.60 bits per heavy atom. The van der Waals surface area contributed by atoms with Crippen molar-refractivity contribution in [2.24, 2.45) is 0 Å². The van der Waals surface area contributed by atoms with E-state index in [9.17, 15) is 18.0 Å². The van der Waals surface area contributed by atoms with Gasteiger partial charge < -0.3 is 15.0 Å². The van der Waals surface area contributed by atoms with Crippen LogP contribution in [-0.4, -0.2) is 55.9 Å². The van der Waals surface area contributed by atoms with Gasteiger partial charge in [0.2, 0.25) is 0 Å². The Labute approximate surface area is 146 Å². The number of nitrogens with zero attached hydrogens (tertiary/aromatic N) is 1. The summed E-state index contributed by atoms with van der Waals surface area (Å²) in [6.07, 6.45) is -1.98. The summed E-state index contributed by atoms with van der Waals surface area (Å²) in [5.41, 5.74) is 1.66. The van der Waals surface area contributed by atoms with Crippen LogP contribution in [-0.2, 0) is 4.74 Å². The number of carbonyl (C=O) groups is 1. The number of carbonyl (C=O) groups excluding carboxylic acids is 1. The zero-order valence-corrected chi connectivity index (χ0v) is 14.4. The van der Waals surface area contributed by atoms with Crippen LogP contribution >= 0.6 is 0 Å². The molecule has 1 aliphatic heterocycles. The summed E-state index contributed by atoms with van der Waals surface area (Å²) in [7, 11) is 0. The number of benzene rings is 1. The third-order valence-electron chi connectivity index (χ3n) is 4.34. The van der Waals surface area contributed by atoms with Crippen molar-refractivity contribution in [3.63, 3.8) is 0 Å². The van der Waals surface area contributed by atoms with Crippen LogP contribution in [0.1, 0.15) is 35.2 Å². The fraction of sp³-hybridized carbons (Fsp3) is 0.611. The van der Waals surface area contributed by atoms with Crippen LogP contribution in [0.5, 0.6) is 0 Å². The molecule has 1 heterocycles. The van der Waals surface area contributed by atoms with Gasteiger partial charge in [-0.2, -0.15) is 13.2 Å². The van der Waals surface area contributed by atoms with E-state index in [0.29, 0.717) is 12.0 Å². The van der Waals surface area contributed by atoms with Gasteiger partial charge in [0.1, 0.15) is 6.61 Å². The van der Waals surface area contributed by atoms with Gasteiger partial charge in [0.15, 0.2) is 0 Å². The molecule has 7 heteroatoms. The van der Waals surface area contributed by atoms with Crippen LogP contribution in [0.2, 0.25) is 0 Å². The monoisotopic (exact) mass is 358 g/mol. The Bertz CT molecular complexity index is 555. The number of halogens is 3. The maximum atomic E-state index is 12.3. The normalized spacial score (nSPS) is 16.8. The van der Waals surface area contributed by atoms with E-state index in [0.717, 1.165) is 38.0 Å². The first kappa shape index (κ1) is 19.7. The molecule has 0 atom stereocenters. The number of ether oxygens (including phenoxy) is 1. The summed E-state index contributed by atoms with van der Waals surface area (Å²) < 4.78 is 40.5. The molecule has 1 aliphatic rings. The van der Waals surface area contributed by atoms with Gasteiger partial charge in [0.05, 0.1) is 0 Å². The standard InChI is InChI=1S/C18H25F3N2O2/c1-14-5-2-3-6-16(14)17(24)22-15-7-10-23(11-8-15)9-4-12-25-13-18(19,20)21/h2-3,5-6,15H,4,7-13H2,1H3,(H,22,24). The molecule has 25 heavy (non-hydrogen) atoms. The third kappa shape index (κ3) is 7.04. The molecule has 0 unspecified atom stereocenters. The summed E-state index contributed by atoms with van der Waals surface area (Å²) >= 11 is 0. The summed E-state index contributed by atoms with van der Waals surface area (Å²) in [6.45, 7) is 3.23. The van der Waals surface area contributed by atoms with E-state index in [1.807, 2.05) is 31.2 Å². The molecular weight excluding hydrogens is 333 g/mol. The third-order valence-corrected chi connectivity index (χ3v) is 4.34. The van der Waals surface area contributed by atoms with E-state index >= 15 is 0 Å². The van der Waals surface area contributed by atoms with Gasteiger partial charge in [-0.25, -0.2) is 0 Å². The number of hydrogen-bond acceptors (Lipinski definition) is 3. The van der Waals surface area contributed by atoms with Crippen LogP contribution in [0.4, 0.5) is 13.2 Å². The zero-order valence-electron chi connectivity index (χ0n) is 14.4. The largest absolute Gasteiger partial charge is 0.411 e. The van der Waals surface area contributed by atoms with Gasteiger partial charge >= 0.3 is 6.18 Å². The van der Waals surface area contributed by atoms with E-state index in [1.165, 1.54) is 0 Å². The van der Waals surface area contributed by atoms with Gasteiger partial charge in [-0.15, -0.1) is 0 Å². The number of hydrogen-bond donors (Lipinski definition) is 1. The van der Waals surface area contributed by atoms with Crippen molar-refractivity contribution in [3.05, 3.63) is 35.4 Å². The Kier molecular flexibility index (Phi) is 7.25. The number of rotatable bonds is 7. The van der Waals surface area contributed by atoms with Crippen LogP contribution in [0.15, 0.2) is 24.3 Å². The summed E-state index contributed by atoms with van der Waals surface area (Å²) in [6, 6.07) is 7.64. The smallest absolute Gasteiger partial charge is 0.372 e. The van der Waals surface area contributed by atoms with Crippen molar-refractivity contribution in [3.8, 4) is 0 Å². The second kappa shape index (κ2) is 9.20. The minimum absolute atomic E-state index is 0.0444. The number of likely N-dealkylation sites (tertiary alicyclic amines) is 1. The topological polar surface area (TPSA) is 41.6 Å². The highest BCUT2D eigenvalue weighted by Crippen LogP contribution is 2.15. The summed E-state index contributed by atoms with van der Waals surface area (Å²) in [4.78, 5) is 14.5. The minimum Gasteiger partial charge on any atom is -0.372 e. The number of piperidine rings is 1. The number of amides is 1. The van der Waals surface area contributed by atoms with Gasteiger partial charge in [0, 0.05) is 37.8 Å². The van der Waals surface area contributed by atoms with Crippen molar-refractivity contribution >= 4 is 5.91 Å². The van der Waals surface area contributed by atoms with Crippen molar-refractivity contribution in [2.45, 2.75) is 38.4 Å². The van der Waals surface area contributed by atoms with E-state index in [4.69, 9.17) is 0 Å². The number of aryl methyl sites for hydroxylation is 1. The molecule has 1 aromatic carbocycles. The van der Waals surface area contributed by atoms with E-state index in [2.05, 4.69) is 15.0 Å². The molecule has 1 aromatic rings. The van der Waals surface area contributed by atoms with E-state index in [1.54, 1.807) is 0 Å². The van der Waals surface area contributed by atoms with Crippen LogP contribution < -0.4 is 5.32 Å². The maximum absolute atomic E-state index is 12.3. The zero-order chi connectivity index (χ0) is 18.3. The molecule has 1 saturated heterocycles. The van der Waals surface area contributed by atoms with E-state index in [-0.39, 0.29) is 18.6 Å². The molecule has 1 amide bonds. The van der Waals surface area contributed by atoms with Crippen LogP contribution in [0.3, 0.4) is 0 Å². The molecule has 0 aliphatic carbocycles. The highest BCUT2D eigenvalue weighted by molar-refractivity contribution is 5.95. The van der Waals surface area contributed by atoms with Crippen molar-refractivity contribution in [1.29, 1.82) is 0 Å². The van der Waals surface area contributed by atoms with Crippen LogP contribution in [0, 0.1) is 6.92 Å². The first-order valence-corrected chi connectivity index (χ1v) is 8.58. The molecular formula is C18H25F3N2O2. The molecule has 4 nitrogen and oxygen atoms in total. The average Bonchev–Trinajstić information content (AvgIpc) is 2.55. The lowest BCUT2D eigenvalue weighted by atomic mass is 10.0. The highest BCUT2D eigenvalue weighted by Gasteiger charge is 2.27. The molecule has 140 valence electrons. The fourth-order valence-electron chi connectivity index (χ4n) is 2.97. The second-order valence-corrected chi connectivity index (χ2v) is 6.43. The number of alkyl halides is 3. The molecule has 0 bridgehead atoms. The lowest BCUT2D eigenvalue weighted by molar-refractivity contribution is -0.174. The van der Waals surface area contributed by atoms with Crippen LogP contribution in [0.25, 0.3) is 0 Å². The molecule has 0 aromatic heterocycles. The van der Waals surface area contributed by atoms with Crippen molar-refractivity contribution < 1.29 is 22.7 Å². The molecule has 0 spiro atoms. The van der Waals surface area contributed by atoms with Crippen molar-refractivity contribution in [1.82, 2.24) is 10.2 Å². The molecule has 1 N–H and O–H groups in total. The fourth-order valence-corrected chi connectivity index (χ4v) is 2.97. The first-order valence-electron chi connectivity index (χ1n) is 8.58. The Hall–Kier alpha value is -1.60. The van der Waals surface area contributed by atoms with Gasteiger partial charge in [-0.1, -0.05) is 18.2 Å². The second-order valence-electron chi connectivity index (χ2n) is 6.43. The lowest BCUT2D eigenvalue weighted by Crippen LogP contribution is -2.45.